The van der Waals surface area contributed by atoms with Gasteiger partial charge in [-0.1, -0.05) is 0 Å². The first kappa shape index (κ1) is 12.1. The Labute approximate surface area is 91.8 Å². The predicted octanol–water partition coefficient (Wildman–Crippen LogP) is 1.42. The van der Waals surface area contributed by atoms with Crippen molar-refractivity contribution in [2.45, 2.75) is 13.0 Å². The van der Waals surface area contributed by atoms with Crippen LogP contribution in [0.5, 0.6) is 0 Å². The van der Waals surface area contributed by atoms with Gasteiger partial charge in [-0.3, -0.25) is 4.21 Å². The van der Waals surface area contributed by atoms with Crippen molar-refractivity contribution >= 4 is 16.6 Å². The molecule has 0 amide bonds. The third kappa shape index (κ3) is 3.27. The molecule has 84 valence electrons. The molecule has 0 aromatic carbocycles. The zero-order chi connectivity index (χ0) is 11.4. The molecule has 5 heteroatoms. The monoisotopic (exact) mass is 230 g/mol. The van der Waals surface area contributed by atoms with E-state index >= 15 is 0 Å². The van der Waals surface area contributed by atoms with Crippen LogP contribution in [-0.2, 0) is 10.8 Å². The van der Waals surface area contributed by atoms with E-state index in [4.69, 9.17) is 0 Å². The number of nitrogens with zero attached hydrogens (tertiary/aromatic N) is 2. The molecular weight excluding hydrogens is 215 g/mol. The van der Waals surface area contributed by atoms with Crippen LogP contribution in [0.2, 0.25) is 0 Å². The Bertz CT molecular complexity index is 359. The maximum absolute atomic E-state index is 13.4. The van der Waals surface area contributed by atoms with Crippen LogP contribution >= 0.6 is 0 Å². The van der Waals surface area contributed by atoms with Gasteiger partial charge in [-0.15, -0.1) is 0 Å². The fraction of sp³-hybridized carbons (Fsp3) is 0.500. The molecule has 0 saturated carbocycles. The van der Waals surface area contributed by atoms with Crippen LogP contribution in [0.4, 0.5) is 10.2 Å². The summed E-state index contributed by atoms with van der Waals surface area (Å²) in [6, 6.07) is 2.92. The van der Waals surface area contributed by atoms with Gasteiger partial charge in [0.1, 0.15) is 0 Å². The lowest BCUT2D eigenvalue weighted by molar-refractivity contribution is 0.604. The Morgan fingerprint density at radius 2 is 2.33 bits per heavy atom. The van der Waals surface area contributed by atoms with E-state index in [-0.39, 0.29) is 11.9 Å². The summed E-state index contributed by atoms with van der Waals surface area (Å²) < 4.78 is 24.4. The molecule has 0 aliphatic rings. The molecule has 0 aliphatic heterocycles. The summed E-state index contributed by atoms with van der Waals surface area (Å²) in [6.07, 6.45) is 3.18. The van der Waals surface area contributed by atoms with Gasteiger partial charge < -0.3 is 4.90 Å². The molecule has 0 fully saturated rings. The Kier molecular flexibility index (Phi) is 4.20. The fourth-order valence-electron chi connectivity index (χ4n) is 1.30. The third-order valence-corrected chi connectivity index (χ3v) is 3.16. The summed E-state index contributed by atoms with van der Waals surface area (Å²) in [6.45, 7) is 1.90. The topological polar surface area (TPSA) is 33.2 Å². The minimum absolute atomic E-state index is 0.000216. The highest BCUT2D eigenvalue weighted by atomic mass is 32.2. The summed E-state index contributed by atoms with van der Waals surface area (Å²) in [5.74, 6) is 0.455. The maximum Gasteiger partial charge on any atom is 0.165 e. The van der Waals surface area contributed by atoms with Crippen LogP contribution in [0.15, 0.2) is 18.3 Å². The van der Waals surface area contributed by atoms with Gasteiger partial charge in [0.2, 0.25) is 0 Å². The number of aromatic nitrogens is 1. The van der Waals surface area contributed by atoms with Gasteiger partial charge in [0.25, 0.3) is 0 Å². The molecule has 1 heterocycles. The highest BCUT2D eigenvalue weighted by Gasteiger charge is 2.15. The van der Waals surface area contributed by atoms with E-state index in [0.717, 1.165) is 0 Å². The lowest BCUT2D eigenvalue weighted by Gasteiger charge is -2.25. The highest BCUT2D eigenvalue weighted by Crippen LogP contribution is 2.15. The zero-order valence-electron chi connectivity index (χ0n) is 9.11. The first-order valence-corrected chi connectivity index (χ1v) is 6.38. The largest absolute Gasteiger partial charge is 0.354 e. The quantitative estimate of drug-likeness (QED) is 0.784. The molecule has 0 unspecified atom stereocenters. The molecule has 0 spiro atoms. The van der Waals surface area contributed by atoms with Gasteiger partial charge in [-0.05, 0) is 19.1 Å². The average molecular weight is 230 g/mol. The number of anilines is 1. The second-order valence-corrected chi connectivity index (χ2v) is 4.99. The summed E-state index contributed by atoms with van der Waals surface area (Å²) in [4.78, 5) is 5.66. The Hall–Kier alpha value is -0.970. The van der Waals surface area contributed by atoms with E-state index in [1.54, 1.807) is 30.5 Å². The van der Waals surface area contributed by atoms with Gasteiger partial charge in [-0.25, -0.2) is 9.37 Å². The summed E-state index contributed by atoms with van der Waals surface area (Å²) in [5, 5.41) is 0. The van der Waals surface area contributed by atoms with Gasteiger partial charge in [0, 0.05) is 42.1 Å². The van der Waals surface area contributed by atoms with E-state index < -0.39 is 10.8 Å². The zero-order valence-corrected chi connectivity index (χ0v) is 9.92. The van der Waals surface area contributed by atoms with Crippen LogP contribution < -0.4 is 4.90 Å². The smallest absolute Gasteiger partial charge is 0.165 e. The number of hydrogen-bond acceptors (Lipinski definition) is 3. The van der Waals surface area contributed by atoms with Gasteiger partial charge in [-0.2, -0.15) is 0 Å². The van der Waals surface area contributed by atoms with Crippen LogP contribution in [0.25, 0.3) is 0 Å². The lowest BCUT2D eigenvalue weighted by atomic mass is 10.3. The van der Waals surface area contributed by atoms with Crippen molar-refractivity contribution in [2.24, 2.45) is 0 Å². The van der Waals surface area contributed by atoms with E-state index in [0.29, 0.717) is 11.6 Å². The molecular formula is C10H15FN2OS. The van der Waals surface area contributed by atoms with Crippen molar-refractivity contribution in [1.82, 2.24) is 4.98 Å². The molecule has 0 N–H and O–H groups in total. The maximum atomic E-state index is 13.4. The molecule has 3 nitrogen and oxygen atoms in total. The second kappa shape index (κ2) is 5.21. The average Bonchev–Trinajstić information content (AvgIpc) is 2.16. The van der Waals surface area contributed by atoms with E-state index in [2.05, 4.69) is 4.98 Å². The lowest BCUT2D eigenvalue weighted by Crippen LogP contribution is -2.34. The van der Waals surface area contributed by atoms with E-state index in [1.165, 1.54) is 6.07 Å². The molecule has 1 rings (SSSR count). The SMILES string of the molecule is C[C@@H](C[S@](C)=O)N(C)c1ncccc1F. The number of rotatable bonds is 4. The first-order chi connectivity index (χ1) is 7.02. The molecule has 0 aliphatic carbocycles. The Morgan fingerprint density at radius 1 is 1.67 bits per heavy atom. The van der Waals surface area contributed by atoms with E-state index in [1.807, 2.05) is 6.92 Å². The molecule has 1 aromatic heterocycles. The van der Waals surface area contributed by atoms with Gasteiger partial charge in [0.15, 0.2) is 11.6 Å². The summed E-state index contributed by atoms with van der Waals surface area (Å²) in [5.41, 5.74) is 0. The van der Waals surface area contributed by atoms with Crippen LogP contribution in [-0.4, -0.2) is 34.3 Å². The minimum Gasteiger partial charge on any atom is -0.354 e. The third-order valence-electron chi connectivity index (χ3n) is 2.21. The van der Waals surface area contributed by atoms with Gasteiger partial charge in [0.05, 0.1) is 0 Å². The van der Waals surface area contributed by atoms with Crippen LogP contribution in [0.1, 0.15) is 6.92 Å². The normalized spacial score (nSPS) is 14.7. The molecule has 1 aromatic rings. The van der Waals surface area contributed by atoms with Crippen molar-refractivity contribution in [3.05, 3.63) is 24.1 Å². The number of halogens is 1. The number of pyridine rings is 1. The molecule has 2 atom stereocenters. The Balaban J connectivity index is 2.80. The standard InChI is InChI=1S/C10H15FN2OS/c1-8(7-15(3)14)13(2)10-9(11)5-4-6-12-10/h4-6,8H,7H2,1-3H3/t8-,15-/m0/s1. The van der Waals surface area contributed by atoms with Crippen molar-refractivity contribution < 1.29 is 8.60 Å². The first-order valence-electron chi connectivity index (χ1n) is 4.65. The Morgan fingerprint density at radius 3 is 2.87 bits per heavy atom. The van der Waals surface area contributed by atoms with Crippen LogP contribution in [0.3, 0.4) is 0 Å². The van der Waals surface area contributed by atoms with Crippen molar-refractivity contribution in [3.63, 3.8) is 0 Å². The molecule has 0 radical (unpaired) electrons. The second-order valence-electron chi connectivity index (χ2n) is 3.51. The minimum atomic E-state index is -0.889. The number of hydrogen-bond donors (Lipinski definition) is 0. The van der Waals surface area contributed by atoms with Gasteiger partial charge >= 0.3 is 0 Å². The van der Waals surface area contributed by atoms with Crippen molar-refractivity contribution in [1.29, 1.82) is 0 Å². The molecule has 0 bridgehead atoms. The fourth-order valence-corrected chi connectivity index (χ4v) is 2.20. The van der Waals surface area contributed by atoms with E-state index in [9.17, 15) is 8.60 Å². The van der Waals surface area contributed by atoms with Crippen molar-refractivity contribution in [2.75, 3.05) is 24.0 Å². The highest BCUT2D eigenvalue weighted by molar-refractivity contribution is 7.84. The predicted molar refractivity (Wildman–Crippen MR) is 61.0 cm³/mol. The molecule has 15 heavy (non-hydrogen) atoms. The van der Waals surface area contributed by atoms with Crippen molar-refractivity contribution in [3.8, 4) is 0 Å². The summed E-state index contributed by atoms with van der Waals surface area (Å²) >= 11 is 0. The van der Waals surface area contributed by atoms with Crippen LogP contribution in [0, 0.1) is 5.82 Å². The molecule has 0 saturated heterocycles. The summed E-state index contributed by atoms with van der Waals surface area (Å²) in [7, 11) is 0.864.